The quantitative estimate of drug-likeness (QED) is 0.320. The molecule has 0 saturated heterocycles. The van der Waals surface area contributed by atoms with Gasteiger partial charge in [-0.15, -0.1) is 0 Å². The van der Waals surface area contributed by atoms with Gasteiger partial charge in [-0.05, 0) is 12.8 Å². The fraction of sp³-hybridized carbons (Fsp3) is 0.667. The van der Waals surface area contributed by atoms with Gasteiger partial charge in [0.05, 0.1) is 13.5 Å². The molecular weight excluding hydrogens is 212 g/mol. The average Bonchev–Trinajstić information content (AvgIpc) is 2.35. The first-order valence-corrected chi connectivity index (χ1v) is 6.69. The highest BCUT2D eigenvalue weighted by atomic mass is 16.5. The summed E-state index contributed by atoms with van der Waals surface area (Å²) in [5.74, 6) is -0.189. The molecule has 0 heterocycles. The average molecular weight is 238 g/mol. The molecule has 0 bridgehead atoms. The monoisotopic (exact) mass is 238 g/mol. The summed E-state index contributed by atoms with van der Waals surface area (Å²) < 4.78 is 4.53. The highest BCUT2D eigenvalue weighted by Gasteiger charge is 1.92. The number of methoxy groups -OCH3 is 1. The van der Waals surface area contributed by atoms with E-state index in [0.717, 1.165) is 6.42 Å². The van der Waals surface area contributed by atoms with Crippen molar-refractivity contribution in [2.45, 2.75) is 58.3 Å². The predicted octanol–water partition coefficient (Wildman–Crippen LogP) is 4.41. The van der Waals surface area contributed by atoms with Gasteiger partial charge in [0.1, 0.15) is 0 Å². The van der Waals surface area contributed by atoms with Crippen molar-refractivity contribution in [3.8, 4) is 0 Å². The molecule has 0 aromatic carbocycles. The Hall–Kier alpha value is -1.05. The van der Waals surface area contributed by atoms with Crippen LogP contribution in [0.4, 0.5) is 0 Å². The Kier molecular flexibility index (Phi) is 12.2. The summed E-state index contributed by atoms with van der Waals surface area (Å²) in [6, 6.07) is 0. The van der Waals surface area contributed by atoms with Gasteiger partial charge in [-0.2, -0.15) is 0 Å². The molecule has 0 spiro atoms. The van der Waals surface area contributed by atoms with Gasteiger partial charge in [-0.3, -0.25) is 4.79 Å². The van der Waals surface area contributed by atoms with Crippen LogP contribution >= 0.6 is 0 Å². The van der Waals surface area contributed by atoms with E-state index in [0.29, 0.717) is 6.42 Å². The summed E-state index contributed by atoms with van der Waals surface area (Å²) in [6.45, 7) is 2.24. The van der Waals surface area contributed by atoms with Crippen molar-refractivity contribution in [2.24, 2.45) is 0 Å². The summed E-state index contributed by atoms with van der Waals surface area (Å²) in [5.41, 5.74) is 0. The van der Waals surface area contributed by atoms with Crippen LogP contribution < -0.4 is 0 Å². The summed E-state index contributed by atoms with van der Waals surface area (Å²) in [6.07, 6.45) is 17.4. The van der Waals surface area contributed by atoms with Gasteiger partial charge in [0.25, 0.3) is 0 Å². The molecule has 0 aromatic heterocycles. The molecule has 0 unspecified atom stereocenters. The van der Waals surface area contributed by atoms with Crippen LogP contribution in [0.2, 0.25) is 0 Å². The van der Waals surface area contributed by atoms with Gasteiger partial charge in [-0.25, -0.2) is 0 Å². The first-order valence-electron chi connectivity index (χ1n) is 6.69. The van der Waals surface area contributed by atoms with Gasteiger partial charge in [0.15, 0.2) is 0 Å². The Balaban J connectivity index is 3.27. The lowest BCUT2D eigenvalue weighted by Gasteiger charge is -1.97. The van der Waals surface area contributed by atoms with Crippen LogP contribution in [0.15, 0.2) is 24.3 Å². The molecule has 0 fully saturated rings. The van der Waals surface area contributed by atoms with Crippen LogP contribution in [0.5, 0.6) is 0 Å². The molecule has 17 heavy (non-hydrogen) atoms. The van der Waals surface area contributed by atoms with E-state index in [-0.39, 0.29) is 5.97 Å². The van der Waals surface area contributed by atoms with Gasteiger partial charge < -0.3 is 4.74 Å². The van der Waals surface area contributed by atoms with E-state index >= 15 is 0 Å². The van der Waals surface area contributed by atoms with Crippen LogP contribution in [0.1, 0.15) is 58.3 Å². The van der Waals surface area contributed by atoms with Crippen LogP contribution in [0.25, 0.3) is 0 Å². The highest BCUT2D eigenvalue weighted by Crippen LogP contribution is 2.07. The first kappa shape index (κ1) is 16.0. The maximum Gasteiger partial charge on any atom is 0.309 e. The SMILES string of the molecule is CCCCCCCC/C=C\C=C\CC(=O)OC. The Morgan fingerprint density at radius 2 is 1.65 bits per heavy atom. The van der Waals surface area contributed by atoms with Crippen molar-refractivity contribution in [3.63, 3.8) is 0 Å². The number of hydrogen-bond acceptors (Lipinski definition) is 2. The lowest BCUT2D eigenvalue weighted by molar-refractivity contribution is -0.139. The number of esters is 1. The first-order chi connectivity index (χ1) is 8.31. The second kappa shape index (κ2) is 13.0. The fourth-order valence-corrected chi connectivity index (χ4v) is 1.54. The molecule has 2 nitrogen and oxygen atoms in total. The molecule has 0 aliphatic rings. The Morgan fingerprint density at radius 3 is 2.35 bits per heavy atom. The van der Waals surface area contributed by atoms with Crippen LogP contribution in [-0.4, -0.2) is 13.1 Å². The van der Waals surface area contributed by atoms with Crippen molar-refractivity contribution in [3.05, 3.63) is 24.3 Å². The standard InChI is InChI=1S/C15H26O2/c1-3-4-5-6-7-8-9-10-11-12-13-14-15(16)17-2/h10-13H,3-9,14H2,1-2H3/b11-10-,13-12+. The molecule has 0 amide bonds. The number of ether oxygens (including phenoxy) is 1. The third-order valence-electron chi connectivity index (χ3n) is 2.62. The van der Waals surface area contributed by atoms with E-state index in [4.69, 9.17) is 0 Å². The van der Waals surface area contributed by atoms with Crippen molar-refractivity contribution in [1.29, 1.82) is 0 Å². The number of allylic oxidation sites excluding steroid dienone is 3. The molecule has 98 valence electrons. The molecular formula is C15H26O2. The molecule has 0 aromatic rings. The Labute approximate surface area is 106 Å². The molecule has 0 saturated carbocycles. The van der Waals surface area contributed by atoms with Crippen molar-refractivity contribution < 1.29 is 9.53 Å². The zero-order valence-electron chi connectivity index (χ0n) is 11.3. The van der Waals surface area contributed by atoms with E-state index in [2.05, 4.69) is 17.7 Å². The maximum atomic E-state index is 10.8. The minimum atomic E-state index is -0.189. The van der Waals surface area contributed by atoms with E-state index in [1.54, 1.807) is 0 Å². The summed E-state index contributed by atoms with van der Waals surface area (Å²) in [7, 11) is 1.41. The molecule has 0 radical (unpaired) electrons. The van der Waals surface area contributed by atoms with Gasteiger partial charge in [0, 0.05) is 0 Å². The largest absolute Gasteiger partial charge is 0.469 e. The Bertz CT molecular complexity index is 229. The molecule has 0 rings (SSSR count). The lowest BCUT2D eigenvalue weighted by atomic mass is 10.1. The summed E-state index contributed by atoms with van der Waals surface area (Å²) in [5, 5.41) is 0. The van der Waals surface area contributed by atoms with E-state index in [9.17, 15) is 4.79 Å². The normalized spacial score (nSPS) is 11.4. The zero-order chi connectivity index (χ0) is 12.8. The minimum Gasteiger partial charge on any atom is -0.469 e. The number of rotatable bonds is 10. The second-order valence-corrected chi connectivity index (χ2v) is 4.19. The minimum absolute atomic E-state index is 0.189. The number of unbranched alkanes of at least 4 members (excludes halogenated alkanes) is 6. The topological polar surface area (TPSA) is 26.3 Å². The predicted molar refractivity (Wildman–Crippen MR) is 72.9 cm³/mol. The van der Waals surface area contributed by atoms with E-state index < -0.39 is 0 Å². The van der Waals surface area contributed by atoms with Gasteiger partial charge >= 0.3 is 5.97 Å². The number of hydrogen-bond donors (Lipinski definition) is 0. The van der Waals surface area contributed by atoms with Crippen LogP contribution in [0, 0.1) is 0 Å². The van der Waals surface area contributed by atoms with Crippen molar-refractivity contribution in [1.82, 2.24) is 0 Å². The van der Waals surface area contributed by atoms with Gasteiger partial charge in [-0.1, -0.05) is 63.3 Å². The molecule has 0 atom stereocenters. The second-order valence-electron chi connectivity index (χ2n) is 4.19. The summed E-state index contributed by atoms with van der Waals surface area (Å²) in [4.78, 5) is 10.8. The summed E-state index contributed by atoms with van der Waals surface area (Å²) >= 11 is 0. The molecule has 2 heteroatoms. The van der Waals surface area contributed by atoms with E-state index in [1.165, 1.54) is 45.6 Å². The lowest BCUT2D eigenvalue weighted by Crippen LogP contribution is -1.96. The maximum absolute atomic E-state index is 10.8. The molecule has 0 aliphatic heterocycles. The van der Waals surface area contributed by atoms with Gasteiger partial charge in [0.2, 0.25) is 0 Å². The highest BCUT2D eigenvalue weighted by molar-refractivity contribution is 5.70. The van der Waals surface area contributed by atoms with Crippen molar-refractivity contribution >= 4 is 5.97 Å². The van der Waals surface area contributed by atoms with E-state index in [1.807, 2.05) is 18.2 Å². The zero-order valence-corrected chi connectivity index (χ0v) is 11.3. The van der Waals surface area contributed by atoms with Crippen molar-refractivity contribution in [2.75, 3.05) is 7.11 Å². The smallest absolute Gasteiger partial charge is 0.309 e. The third-order valence-corrected chi connectivity index (χ3v) is 2.62. The fourth-order valence-electron chi connectivity index (χ4n) is 1.54. The molecule has 0 N–H and O–H groups in total. The van der Waals surface area contributed by atoms with Crippen LogP contribution in [0.3, 0.4) is 0 Å². The number of carbonyl (C=O) groups is 1. The Morgan fingerprint density at radius 1 is 1.00 bits per heavy atom. The van der Waals surface area contributed by atoms with Crippen LogP contribution in [-0.2, 0) is 9.53 Å². The number of carbonyl (C=O) groups excluding carboxylic acids is 1. The molecule has 0 aliphatic carbocycles. The third kappa shape index (κ3) is 12.9.